The number of anilines is 2. The molecule has 0 spiro atoms. The van der Waals surface area contributed by atoms with Gasteiger partial charge < -0.3 is 23.6 Å². The van der Waals surface area contributed by atoms with Gasteiger partial charge in [0, 0.05) is 69.0 Å². The number of hydrogen-bond acceptors (Lipinski definition) is 13. The summed E-state index contributed by atoms with van der Waals surface area (Å²) in [7, 11) is -9.25. The minimum Gasteiger partial charge on any atom is -0.464 e. The van der Waals surface area contributed by atoms with Crippen molar-refractivity contribution in [2.24, 2.45) is 0 Å². The zero-order valence-corrected chi connectivity index (χ0v) is 44.5. The molecule has 0 atom stereocenters. The van der Waals surface area contributed by atoms with E-state index in [1.54, 1.807) is 12.1 Å². The molecular formula is C53H39Cl2F4N7O10S2. The van der Waals surface area contributed by atoms with Gasteiger partial charge in [-0.2, -0.15) is 35.2 Å². The van der Waals surface area contributed by atoms with E-state index in [4.69, 9.17) is 41.7 Å². The normalized spacial score (nSPS) is 12.4. The molecule has 78 heavy (non-hydrogen) atoms. The Kier molecular flexibility index (Phi) is 13.2. The van der Waals surface area contributed by atoms with E-state index in [0.29, 0.717) is 54.7 Å². The summed E-state index contributed by atoms with van der Waals surface area (Å²) in [4.78, 5) is 12.5. The second-order valence-electron chi connectivity index (χ2n) is 19.6. The van der Waals surface area contributed by atoms with Crippen LogP contribution in [0.4, 0.5) is 34.0 Å². The summed E-state index contributed by atoms with van der Waals surface area (Å²) >= 11 is 13.1. The first-order valence-electron chi connectivity index (χ1n) is 23.1. The first kappa shape index (κ1) is 53.2. The predicted octanol–water partition coefficient (Wildman–Crippen LogP) is 14.0. The molecule has 1 amide bonds. The van der Waals surface area contributed by atoms with E-state index >= 15 is 17.6 Å². The van der Waals surface area contributed by atoms with Crippen LogP contribution in [-0.4, -0.2) is 56.7 Å². The number of carboxylic acid groups (broad SMARTS) is 1. The second kappa shape index (κ2) is 19.3. The van der Waals surface area contributed by atoms with Crippen molar-refractivity contribution < 1.29 is 62.8 Å². The van der Waals surface area contributed by atoms with Crippen LogP contribution in [0, 0.1) is 23.3 Å². The Bertz CT molecular complexity index is 4030. The van der Waals surface area contributed by atoms with Crippen LogP contribution in [0.25, 0.3) is 44.2 Å². The average Bonchev–Trinajstić information content (AvgIpc) is 4.30. The zero-order chi connectivity index (χ0) is 56.0. The minimum absolute atomic E-state index is 0.0787. The number of halogens is 6. The summed E-state index contributed by atoms with van der Waals surface area (Å²) in [5.74, 6) is -7.26. The molecule has 0 bridgehead atoms. The maximum atomic E-state index is 15.8. The first-order chi connectivity index (χ1) is 36.7. The molecule has 0 saturated heterocycles. The molecule has 400 valence electrons. The highest BCUT2D eigenvalue weighted by molar-refractivity contribution is 7.90. The molecule has 0 aliphatic rings. The number of nitrogens with zero attached hydrogens (tertiary/aromatic N) is 7. The van der Waals surface area contributed by atoms with Crippen LogP contribution in [0.15, 0.2) is 141 Å². The lowest BCUT2D eigenvalue weighted by Crippen LogP contribution is -2.24. The Morgan fingerprint density at radius 2 is 0.974 bits per heavy atom. The summed E-state index contributed by atoms with van der Waals surface area (Å²) < 4.78 is 140. The highest BCUT2D eigenvalue weighted by Crippen LogP contribution is 2.47. The van der Waals surface area contributed by atoms with Crippen LogP contribution in [0.3, 0.4) is 0 Å². The molecule has 17 nitrogen and oxygen atoms in total. The highest BCUT2D eigenvalue weighted by Gasteiger charge is 2.35. The number of carbonyl (C=O) groups is 1. The van der Waals surface area contributed by atoms with E-state index in [9.17, 15) is 26.7 Å². The first-order valence-corrected chi connectivity index (χ1v) is 26.7. The molecule has 0 unspecified atom stereocenters. The van der Waals surface area contributed by atoms with Crippen molar-refractivity contribution in [2.75, 3.05) is 4.90 Å². The third-order valence-corrected chi connectivity index (χ3v) is 15.9. The van der Waals surface area contributed by atoms with Crippen molar-refractivity contribution in [1.29, 1.82) is 0 Å². The average molecular weight is 1140 g/mol. The molecule has 1 N–H and O–H groups in total. The van der Waals surface area contributed by atoms with Crippen molar-refractivity contribution in [3.63, 3.8) is 0 Å². The summed E-state index contributed by atoms with van der Waals surface area (Å²) in [5.41, 5.74) is 0.812. The Labute approximate surface area is 450 Å². The SMILES string of the molecule is CC(C)(C)c1cc(-c2cc(Cl)ccc2Oc2cc(F)c(S(=O)(=O)n3cccn3)cc2F)cc2c(N(C(=O)O)c3noc4c(C(C)(C)C)cc(-c5cc(Cl)ccc5Oc5cc(F)c(S(=O)(=O)n6cccn6)cc5F)cc34)noc12. The van der Waals surface area contributed by atoms with Crippen molar-refractivity contribution in [3.8, 4) is 45.3 Å². The van der Waals surface area contributed by atoms with Crippen LogP contribution in [-0.2, 0) is 30.9 Å². The molecule has 4 heterocycles. The fraction of sp³-hybridized carbons (Fsp3) is 0.151. The number of fused-ring (bicyclic) bond motifs is 2. The lowest BCUT2D eigenvalue weighted by molar-refractivity contribution is 0.204. The van der Waals surface area contributed by atoms with Crippen LogP contribution < -0.4 is 14.4 Å². The number of aromatic nitrogens is 6. The number of ether oxygens (including phenoxy) is 2. The molecule has 6 aromatic carbocycles. The third kappa shape index (κ3) is 9.55. The van der Waals surface area contributed by atoms with Gasteiger partial charge in [0.2, 0.25) is 0 Å². The Morgan fingerprint density at radius 3 is 1.32 bits per heavy atom. The van der Waals surface area contributed by atoms with Crippen LogP contribution in [0.1, 0.15) is 52.7 Å². The molecule has 0 saturated carbocycles. The van der Waals surface area contributed by atoms with Gasteiger partial charge in [-0.25, -0.2) is 27.3 Å². The number of hydrogen-bond donors (Lipinski definition) is 1. The molecule has 4 aromatic heterocycles. The molecular weight excluding hydrogens is 1110 g/mol. The van der Waals surface area contributed by atoms with Crippen molar-refractivity contribution in [2.45, 2.75) is 62.2 Å². The van der Waals surface area contributed by atoms with Gasteiger partial charge in [-0.15, -0.1) is 0 Å². The van der Waals surface area contributed by atoms with E-state index in [-0.39, 0.29) is 66.2 Å². The van der Waals surface area contributed by atoms with E-state index < -0.39 is 81.5 Å². The van der Waals surface area contributed by atoms with Gasteiger partial charge in [0.05, 0.1) is 23.2 Å². The Hall–Kier alpha value is -8.25. The molecule has 0 aliphatic heterocycles. The number of amides is 1. The summed E-state index contributed by atoms with van der Waals surface area (Å²) in [6.07, 6.45) is 2.83. The van der Waals surface area contributed by atoms with Crippen LogP contribution >= 0.6 is 23.2 Å². The fourth-order valence-corrected chi connectivity index (χ4v) is 11.2. The lowest BCUT2D eigenvalue weighted by Gasteiger charge is -2.22. The number of rotatable bonds is 12. The van der Waals surface area contributed by atoms with Gasteiger partial charge in [-0.05, 0) is 94.8 Å². The standard InChI is InChI=1S/C53H39Cl2F4N7O10S2/c1-52(2,3)35-19-27(31-21-29(54)9-11-41(31)73-43-23-39(58)45(25-37(43)56)77(69,70)64-15-7-13-60-64)17-33-47(35)75-62-49(33)66(51(67)68)50-34-18-28(20-36(53(4,5)6)48(34)76-63-50)32-22-30(55)10-12-42(32)74-44-24-40(59)46(26-38(44)57)78(71,72)65-16-8-14-61-65/h7-26H,1-6H3,(H,67,68). The molecule has 10 rings (SSSR count). The Morgan fingerprint density at radius 1 is 0.577 bits per heavy atom. The third-order valence-electron chi connectivity index (χ3n) is 12.3. The molecule has 0 aliphatic carbocycles. The van der Waals surface area contributed by atoms with Crippen LogP contribution in [0.2, 0.25) is 10.0 Å². The summed E-state index contributed by atoms with van der Waals surface area (Å²) in [6, 6.07) is 19.7. The van der Waals surface area contributed by atoms with Crippen molar-refractivity contribution in [1.82, 2.24) is 28.7 Å². The molecule has 0 radical (unpaired) electrons. The van der Waals surface area contributed by atoms with E-state index in [2.05, 4.69) is 20.5 Å². The zero-order valence-electron chi connectivity index (χ0n) is 41.4. The van der Waals surface area contributed by atoms with E-state index in [1.807, 2.05) is 41.5 Å². The van der Waals surface area contributed by atoms with Crippen molar-refractivity contribution in [3.05, 3.63) is 166 Å². The fourth-order valence-electron chi connectivity index (χ4n) is 8.53. The lowest BCUT2D eigenvalue weighted by atomic mass is 9.83. The molecule has 10 aromatic rings. The largest absolute Gasteiger partial charge is 0.464 e. The van der Waals surface area contributed by atoms with Gasteiger partial charge in [-0.3, -0.25) is 0 Å². The topological polar surface area (TPSA) is 215 Å². The number of benzene rings is 6. The predicted molar refractivity (Wildman–Crippen MR) is 279 cm³/mol. The van der Waals surface area contributed by atoms with Gasteiger partial charge in [0.1, 0.15) is 32.9 Å². The Balaban J connectivity index is 1.09. The maximum Gasteiger partial charge on any atom is 0.419 e. The second-order valence-corrected chi connectivity index (χ2v) is 24.0. The molecule has 0 fully saturated rings. The summed E-state index contributed by atoms with van der Waals surface area (Å²) in [5, 5.41) is 27.6. The molecule has 25 heteroatoms. The maximum absolute atomic E-state index is 15.8. The van der Waals surface area contributed by atoms with Crippen LogP contribution in [0.5, 0.6) is 23.0 Å². The summed E-state index contributed by atoms with van der Waals surface area (Å²) in [6.45, 7) is 11.1. The minimum atomic E-state index is -4.63. The van der Waals surface area contributed by atoms with Gasteiger partial charge >= 0.3 is 6.09 Å². The highest BCUT2D eigenvalue weighted by atomic mass is 35.5. The van der Waals surface area contributed by atoms with E-state index in [1.165, 1.54) is 60.7 Å². The van der Waals surface area contributed by atoms with Gasteiger partial charge in [0.15, 0.2) is 45.9 Å². The monoisotopic (exact) mass is 1140 g/mol. The van der Waals surface area contributed by atoms with Crippen molar-refractivity contribution >= 4 is 82.9 Å². The smallest absolute Gasteiger partial charge is 0.419 e. The van der Waals surface area contributed by atoms with Gasteiger partial charge in [-0.1, -0.05) is 75.1 Å². The van der Waals surface area contributed by atoms with Gasteiger partial charge in [0.25, 0.3) is 20.0 Å². The van der Waals surface area contributed by atoms with E-state index in [0.717, 1.165) is 29.7 Å². The quantitative estimate of drug-likeness (QED) is 0.113.